The third kappa shape index (κ3) is 5.79. The first-order valence-electron chi connectivity index (χ1n) is 11.1. The molecule has 180 valence electrons. The number of rotatable bonds is 8. The number of amides is 1. The predicted molar refractivity (Wildman–Crippen MR) is 138 cm³/mol. The minimum atomic E-state index is -1.21. The highest BCUT2D eigenvalue weighted by Crippen LogP contribution is 2.27. The van der Waals surface area contributed by atoms with Gasteiger partial charge in [-0.3, -0.25) is 9.59 Å². The number of carbonyl (C=O) groups excluding carboxylic acids is 3. The third-order valence-electron chi connectivity index (χ3n) is 5.44. The summed E-state index contributed by atoms with van der Waals surface area (Å²) < 4.78 is 10.9. The largest absolute Gasteiger partial charge is 0.497 e. The Bertz CT molecular complexity index is 1370. The molecule has 0 unspecified atom stereocenters. The van der Waals surface area contributed by atoms with E-state index >= 15 is 0 Å². The van der Waals surface area contributed by atoms with Gasteiger partial charge in [0.1, 0.15) is 5.75 Å². The summed E-state index contributed by atoms with van der Waals surface area (Å²) in [6, 6.07) is 28.1. The average molecular weight is 500 g/mol. The molecule has 1 atom stereocenters. The quantitative estimate of drug-likeness (QED) is 0.224. The van der Waals surface area contributed by atoms with E-state index in [0.29, 0.717) is 27.5 Å². The third-order valence-corrected chi connectivity index (χ3v) is 5.69. The topological polar surface area (TPSA) is 81.7 Å². The van der Waals surface area contributed by atoms with Crippen molar-refractivity contribution in [2.24, 2.45) is 0 Å². The summed E-state index contributed by atoms with van der Waals surface area (Å²) in [6.07, 6.45) is -1.21. The fourth-order valence-corrected chi connectivity index (χ4v) is 3.67. The van der Waals surface area contributed by atoms with Crippen LogP contribution in [0, 0.1) is 0 Å². The minimum absolute atomic E-state index is 0.110. The Balaban J connectivity index is 1.60. The Morgan fingerprint density at radius 1 is 0.750 bits per heavy atom. The van der Waals surface area contributed by atoms with E-state index < -0.39 is 18.0 Å². The second kappa shape index (κ2) is 11.3. The van der Waals surface area contributed by atoms with Crippen LogP contribution in [0.1, 0.15) is 42.7 Å². The van der Waals surface area contributed by atoms with Gasteiger partial charge in [-0.25, -0.2) is 4.79 Å². The molecule has 0 spiro atoms. The molecule has 0 bridgehead atoms. The molecule has 1 amide bonds. The van der Waals surface area contributed by atoms with E-state index in [-0.39, 0.29) is 17.0 Å². The molecule has 0 saturated heterocycles. The Hall–Kier alpha value is -4.42. The number of nitrogens with one attached hydrogen (secondary N) is 1. The van der Waals surface area contributed by atoms with Crippen LogP contribution in [0.4, 0.5) is 5.69 Å². The van der Waals surface area contributed by atoms with Gasteiger partial charge in [0, 0.05) is 21.7 Å². The molecular weight excluding hydrogens is 478 g/mol. The number of anilines is 1. The molecule has 0 aliphatic heterocycles. The van der Waals surface area contributed by atoms with E-state index in [0.717, 1.165) is 0 Å². The van der Waals surface area contributed by atoms with Gasteiger partial charge in [0.15, 0.2) is 6.10 Å². The highest BCUT2D eigenvalue weighted by molar-refractivity contribution is 6.30. The van der Waals surface area contributed by atoms with E-state index in [1.807, 2.05) is 0 Å². The van der Waals surface area contributed by atoms with Gasteiger partial charge in [-0.05, 0) is 48.5 Å². The standard InChI is InChI=1S/C29H22ClNO5/c1-35-23-17-13-21(14-18-23)28(33)31-25-10-6-5-9-24(25)29(34)36-27(20-11-15-22(30)16-12-20)26(32)19-7-3-2-4-8-19/h2-18,27H,1H3,(H,31,33)/t27-/m0/s1. The van der Waals surface area contributed by atoms with E-state index in [9.17, 15) is 14.4 Å². The van der Waals surface area contributed by atoms with Crippen LogP contribution >= 0.6 is 11.6 Å². The predicted octanol–water partition coefficient (Wildman–Crippen LogP) is 6.38. The van der Waals surface area contributed by atoms with Crippen LogP contribution in [-0.2, 0) is 4.74 Å². The van der Waals surface area contributed by atoms with Crippen LogP contribution in [0.2, 0.25) is 5.02 Å². The zero-order valence-electron chi connectivity index (χ0n) is 19.3. The van der Waals surface area contributed by atoms with Gasteiger partial charge in [-0.1, -0.05) is 66.2 Å². The van der Waals surface area contributed by atoms with E-state index in [2.05, 4.69) is 5.32 Å². The normalized spacial score (nSPS) is 11.3. The van der Waals surface area contributed by atoms with Crippen LogP contribution < -0.4 is 10.1 Å². The molecule has 0 saturated carbocycles. The smallest absolute Gasteiger partial charge is 0.341 e. The Kier molecular flexibility index (Phi) is 7.78. The molecule has 4 rings (SSSR count). The Labute approximate surface area is 213 Å². The van der Waals surface area contributed by atoms with Crippen LogP contribution in [0.3, 0.4) is 0 Å². The SMILES string of the molecule is COc1ccc(C(=O)Nc2ccccc2C(=O)O[C@H](C(=O)c2ccccc2)c2ccc(Cl)cc2)cc1. The van der Waals surface area contributed by atoms with Crippen molar-refractivity contribution in [1.82, 2.24) is 0 Å². The second-order valence-corrected chi connectivity index (χ2v) is 8.23. The molecule has 0 radical (unpaired) electrons. The number of carbonyl (C=O) groups is 3. The van der Waals surface area contributed by atoms with Crippen molar-refractivity contribution < 1.29 is 23.9 Å². The highest BCUT2D eigenvalue weighted by atomic mass is 35.5. The zero-order valence-corrected chi connectivity index (χ0v) is 20.1. The van der Waals surface area contributed by atoms with Gasteiger partial charge in [0.2, 0.25) is 5.78 Å². The van der Waals surface area contributed by atoms with E-state index in [4.69, 9.17) is 21.1 Å². The molecule has 0 aromatic heterocycles. The van der Waals surface area contributed by atoms with E-state index in [1.165, 1.54) is 13.2 Å². The van der Waals surface area contributed by atoms with Crippen molar-refractivity contribution in [2.45, 2.75) is 6.10 Å². The highest BCUT2D eigenvalue weighted by Gasteiger charge is 2.28. The summed E-state index contributed by atoms with van der Waals surface area (Å²) in [5.74, 6) is -0.935. The van der Waals surface area contributed by atoms with Crippen molar-refractivity contribution >= 4 is 34.9 Å². The number of hydrogen-bond donors (Lipinski definition) is 1. The monoisotopic (exact) mass is 499 g/mol. The number of esters is 1. The maximum atomic E-state index is 13.3. The summed E-state index contributed by atoms with van der Waals surface area (Å²) in [5.41, 5.74) is 1.62. The number of benzene rings is 4. The number of methoxy groups -OCH3 is 1. The summed E-state index contributed by atoms with van der Waals surface area (Å²) in [6.45, 7) is 0. The lowest BCUT2D eigenvalue weighted by atomic mass is 9.99. The number of ether oxygens (including phenoxy) is 2. The van der Waals surface area contributed by atoms with Crippen molar-refractivity contribution in [3.63, 3.8) is 0 Å². The molecule has 7 heteroatoms. The summed E-state index contributed by atoms with van der Waals surface area (Å²) >= 11 is 6.01. The van der Waals surface area contributed by atoms with Crippen LogP contribution in [0.5, 0.6) is 5.75 Å². The maximum absolute atomic E-state index is 13.3. The first kappa shape index (κ1) is 24.7. The first-order chi connectivity index (χ1) is 17.5. The van der Waals surface area contributed by atoms with Gasteiger partial charge in [0.25, 0.3) is 5.91 Å². The molecule has 0 heterocycles. The van der Waals surface area contributed by atoms with Gasteiger partial charge < -0.3 is 14.8 Å². The molecule has 0 fully saturated rings. The van der Waals surface area contributed by atoms with Gasteiger partial charge >= 0.3 is 5.97 Å². The number of para-hydroxylation sites is 1. The minimum Gasteiger partial charge on any atom is -0.497 e. The lowest BCUT2D eigenvalue weighted by molar-refractivity contribution is 0.0281. The Morgan fingerprint density at radius 2 is 1.39 bits per heavy atom. The van der Waals surface area contributed by atoms with E-state index in [1.54, 1.807) is 97.1 Å². The lowest BCUT2D eigenvalue weighted by Gasteiger charge is -2.19. The average Bonchev–Trinajstić information content (AvgIpc) is 2.92. The zero-order chi connectivity index (χ0) is 25.5. The van der Waals surface area contributed by atoms with Gasteiger partial charge in [-0.2, -0.15) is 0 Å². The molecule has 1 N–H and O–H groups in total. The Morgan fingerprint density at radius 3 is 2.06 bits per heavy atom. The van der Waals surface area contributed by atoms with Crippen molar-refractivity contribution in [3.8, 4) is 5.75 Å². The second-order valence-electron chi connectivity index (χ2n) is 7.80. The fraction of sp³-hybridized carbons (Fsp3) is 0.0690. The number of hydrogen-bond acceptors (Lipinski definition) is 5. The molecule has 36 heavy (non-hydrogen) atoms. The molecule has 4 aromatic rings. The molecule has 0 aliphatic rings. The number of halogens is 1. The van der Waals surface area contributed by atoms with Crippen LogP contribution in [0.25, 0.3) is 0 Å². The number of ketones is 1. The molecule has 6 nitrogen and oxygen atoms in total. The van der Waals surface area contributed by atoms with Crippen molar-refractivity contribution in [2.75, 3.05) is 12.4 Å². The van der Waals surface area contributed by atoms with Gasteiger partial charge in [-0.15, -0.1) is 0 Å². The summed E-state index contributed by atoms with van der Waals surface area (Å²) in [7, 11) is 1.54. The molecule has 4 aromatic carbocycles. The van der Waals surface area contributed by atoms with Crippen LogP contribution in [0.15, 0.2) is 103 Å². The fourth-order valence-electron chi connectivity index (χ4n) is 3.54. The first-order valence-corrected chi connectivity index (χ1v) is 11.4. The van der Waals surface area contributed by atoms with Crippen LogP contribution in [-0.4, -0.2) is 24.8 Å². The summed E-state index contributed by atoms with van der Waals surface area (Å²) in [4.78, 5) is 39.4. The van der Waals surface area contributed by atoms with Crippen molar-refractivity contribution in [1.29, 1.82) is 0 Å². The van der Waals surface area contributed by atoms with Gasteiger partial charge in [0.05, 0.1) is 18.4 Å². The maximum Gasteiger partial charge on any atom is 0.341 e. The summed E-state index contributed by atoms with van der Waals surface area (Å²) in [5, 5.41) is 3.23. The molecular formula is C29H22ClNO5. The lowest BCUT2D eigenvalue weighted by Crippen LogP contribution is -2.22. The number of Topliss-reactive ketones (excluding diaryl/α,β-unsaturated/α-hetero) is 1. The van der Waals surface area contributed by atoms with Crippen molar-refractivity contribution in [3.05, 3.63) is 130 Å². The molecule has 0 aliphatic carbocycles.